The molecular weight excluding hydrogens is 299 g/mol. The lowest BCUT2D eigenvalue weighted by atomic mass is 9.99. The van der Waals surface area contributed by atoms with Crippen molar-refractivity contribution >= 4 is 21.8 Å². The van der Waals surface area contributed by atoms with E-state index >= 15 is 0 Å². The standard InChI is InChI=1S/C13H16BrFN2O/c1-7(2)17-12(18)6-11(16)13(17)9-4-3-8(14)5-10(9)15/h3-5,7,11,13H,6,16H2,1-2H3. The number of halogens is 2. The topological polar surface area (TPSA) is 46.3 Å². The molecule has 1 aromatic rings. The van der Waals surface area contributed by atoms with Crippen LogP contribution in [0.15, 0.2) is 22.7 Å². The lowest BCUT2D eigenvalue weighted by Crippen LogP contribution is -2.38. The highest BCUT2D eigenvalue weighted by atomic mass is 79.9. The van der Waals surface area contributed by atoms with Crippen LogP contribution >= 0.6 is 15.9 Å². The van der Waals surface area contributed by atoms with Gasteiger partial charge in [-0.25, -0.2) is 4.39 Å². The zero-order valence-corrected chi connectivity index (χ0v) is 11.9. The summed E-state index contributed by atoms with van der Waals surface area (Å²) in [5, 5.41) is 0. The summed E-state index contributed by atoms with van der Waals surface area (Å²) in [5.74, 6) is -0.338. The van der Waals surface area contributed by atoms with Crippen LogP contribution < -0.4 is 5.73 Å². The Morgan fingerprint density at radius 3 is 2.72 bits per heavy atom. The Bertz CT molecular complexity index is 478. The Balaban J connectivity index is 2.43. The van der Waals surface area contributed by atoms with Gasteiger partial charge in [0.2, 0.25) is 5.91 Å². The molecule has 98 valence electrons. The smallest absolute Gasteiger partial charge is 0.225 e. The van der Waals surface area contributed by atoms with E-state index in [1.165, 1.54) is 6.07 Å². The van der Waals surface area contributed by atoms with Gasteiger partial charge in [0.05, 0.1) is 6.04 Å². The van der Waals surface area contributed by atoms with Crippen molar-refractivity contribution < 1.29 is 9.18 Å². The van der Waals surface area contributed by atoms with E-state index in [4.69, 9.17) is 5.73 Å². The Morgan fingerprint density at radius 2 is 2.17 bits per heavy atom. The third kappa shape index (κ3) is 2.29. The molecule has 0 bridgehead atoms. The van der Waals surface area contributed by atoms with Crippen molar-refractivity contribution in [1.82, 2.24) is 4.90 Å². The summed E-state index contributed by atoms with van der Waals surface area (Å²) in [5.41, 5.74) is 6.49. The van der Waals surface area contributed by atoms with E-state index < -0.39 is 0 Å². The molecule has 1 amide bonds. The highest BCUT2D eigenvalue weighted by molar-refractivity contribution is 9.10. The molecule has 0 aliphatic carbocycles. The minimum atomic E-state index is -0.370. The predicted molar refractivity (Wildman–Crippen MR) is 71.4 cm³/mol. The van der Waals surface area contributed by atoms with E-state index in [1.54, 1.807) is 17.0 Å². The van der Waals surface area contributed by atoms with Crippen molar-refractivity contribution in [2.75, 3.05) is 0 Å². The zero-order chi connectivity index (χ0) is 13.4. The number of carbonyl (C=O) groups excluding carboxylic acids is 1. The van der Waals surface area contributed by atoms with Crippen LogP contribution in [0, 0.1) is 5.82 Å². The van der Waals surface area contributed by atoms with Crippen molar-refractivity contribution in [2.45, 2.75) is 38.4 Å². The van der Waals surface area contributed by atoms with E-state index in [1.807, 2.05) is 13.8 Å². The zero-order valence-electron chi connectivity index (χ0n) is 10.4. The van der Waals surface area contributed by atoms with Crippen molar-refractivity contribution in [3.63, 3.8) is 0 Å². The highest BCUT2D eigenvalue weighted by Gasteiger charge is 2.41. The molecule has 1 heterocycles. The Morgan fingerprint density at radius 1 is 1.50 bits per heavy atom. The average Bonchev–Trinajstić information content (AvgIpc) is 2.53. The number of likely N-dealkylation sites (tertiary alicyclic amines) is 1. The molecule has 1 saturated heterocycles. The van der Waals surface area contributed by atoms with Gasteiger partial charge in [-0.2, -0.15) is 0 Å². The van der Waals surface area contributed by atoms with Crippen LogP contribution in [0.5, 0.6) is 0 Å². The molecule has 0 aromatic heterocycles. The number of amides is 1. The van der Waals surface area contributed by atoms with Crippen LogP contribution in [-0.2, 0) is 4.79 Å². The molecule has 2 N–H and O–H groups in total. The average molecular weight is 315 g/mol. The Kier molecular flexibility index (Phi) is 3.73. The number of nitrogens with two attached hydrogens (primary N) is 1. The minimum Gasteiger partial charge on any atom is -0.331 e. The maximum atomic E-state index is 14.0. The summed E-state index contributed by atoms with van der Waals surface area (Å²) in [6.45, 7) is 3.83. The quantitative estimate of drug-likeness (QED) is 0.912. The van der Waals surface area contributed by atoms with E-state index in [0.717, 1.165) is 0 Å². The van der Waals surface area contributed by atoms with Crippen LogP contribution in [0.1, 0.15) is 31.9 Å². The van der Waals surface area contributed by atoms with Crippen LogP contribution in [0.2, 0.25) is 0 Å². The van der Waals surface area contributed by atoms with Crippen molar-refractivity contribution in [3.8, 4) is 0 Å². The van der Waals surface area contributed by atoms with Gasteiger partial charge in [-0.05, 0) is 26.0 Å². The maximum Gasteiger partial charge on any atom is 0.225 e. The first kappa shape index (κ1) is 13.5. The van der Waals surface area contributed by atoms with Crippen molar-refractivity contribution in [2.24, 2.45) is 5.73 Å². The summed E-state index contributed by atoms with van der Waals surface area (Å²) in [6.07, 6.45) is 0.276. The molecule has 2 atom stereocenters. The molecule has 1 fully saturated rings. The van der Waals surface area contributed by atoms with Gasteiger partial charge in [0, 0.05) is 28.5 Å². The number of hydrogen-bond acceptors (Lipinski definition) is 2. The lowest BCUT2D eigenvalue weighted by Gasteiger charge is -2.31. The molecule has 1 aliphatic rings. The predicted octanol–water partition coefficient (Wildman–Crippen LogP) is 2.60. The summed E-state index contributed by atoms with van der Waals surface area (Å²) in [6, 6.07) is 4.16. The van der Waals surface area contributed by atoms with Gasteiger partial charge in [-0.15, -0.1) is 0 Å². The van der Waals surface area contributed by atoms with Gasteiger partial charge in [0.15, 0.2) is 0 Å². The molecule has 1 aromatic carbocycles. The highest BCUT2D eigenvalue weighted by Crippen LogP contribution is 2.35. The number of hydrogen-bond donors (Lipinski definition) is 1. The molecule has 1 aliphatic heterocycles. The van der Waals surface area contributed by atoms with Crippen LogP contribution in [0.4, 0.5) is 4.39 Å². The molecule has 5 heteroatoms. The second-order valence-electron chi connectivity index (χ2n) is 4.87. The molecule has 2 rings (SSSR count). The summed E-state index contributed by atoms with van der Waals surface area (Å²) >= 11 is 3.22. The maximum absolute atomic E-state index is 14.0. The first-order valence-electron chi connectivity index (χ1n) is 5.93. The monoisotopic (exact) mass is 314 g/mol. The normalized spacial score (nSPS) is 24.1. The summed E-state index contributed by atoms with van der Waals surface area (Å²) < 4.78 is 14.7. The van der Waals surface area contributed by atoms with Crippen LogP contribution in [0.3, 0.4) is 0 Å². The fourth-order valence-electron chi connectivity index (χ4n) is 2.51. The van der Waals surface area contributed by atoms with Crippen molar-refractivity contribution in [3.05, 3.63) is 34.1 Å². The van der Waals surface area contributed by atoms with Gasteiger partial charge in [-0.1, -0.05) is 22.0 Å². The number of carbonyl (C=O) groups is 1. The first-order valence-corrected chi connectivity index (χ1v) is 6.72. The number of benzene rings is 1. The molecular formula is C13H16BrFN2O. The van der Waals surface area contributed by atoms with Gasteiger partial charge in [-0.3, -0.25) is 4.79 Å². The van der Waals surface area contributed by atoms with Crippen molar-refractivity contribution in [1.29, 1.82) is 0 Å². The minimum absolute atomic E-state index is 0.00943. The fourth-order valence-corrected chi connectivity index (χ4v) is 2.84. The molecule has 0 saturated carbocycles. The SMILES string of the molecule is CC(C)N1C(=O)CC(N)C1c1ccc(Br)cc1F. The van der Waals surface area contributed by atoms with E-state index in [0.29, 0.717) is 10.0 Å². The van der Waals surface area contributed by atoms with E-state index in [-0.39, 0.29) is 36.3 Å². The van der Waals surface area contributed by atoms with Crippen LogP contribution in [0.25, 0.3) is 0 Å². The molecule has 2 unspecified atom stereocenters. The van der Waals surface area contributed by atoms with Crippen LogP contribution in [-0.4, -0.2) is 22.9 Å². The lowest BCUT2D eigenvalue weighted by molar-refractivity contribution is -0.130. The Hall–Kier alpha value is -0.940. The largest absolute Gasteiger partial charge is 0.331 e. The van der Waals surface area contributed by atoms with Gasteiger partial charge in [0.25, 0.3) is 0 Å². The fraction of sp³-hybridized carbons (Fsp3) is 0.462. The number of nitrogens with zero attached hydrogens (tertiary/aromatic N) is 1. The molecule has 0 spiro atoms. The second kappa shape index (κ2) is 4.97. The Labute approximate surface area is 114 Å². The first-order chi connectivity index (χ1) is 8.41. The molecule has 3 nitrogen and oxygen atoms in total. The molecule has 18 heavy (non-hydrogen) atoms. The summed E-state index contributed by atoms with van der Waals surface area (Å²) in [4.78, 5) is 13.6. The third-order valence-electron chi connectivity index (χ3n) is 3.24. The second-order valence-corrected chi connectivity index (χ2v) is 5.79. The van der Waals surface area contributed by atoms with E-state index in [2.05, 4.69) is 15.9 Å². The van der Waals surface area contributed by atoms with Gasteiger partial charge in [0.1, 0.15) is 5.82 Å². The van der Waals surface area contributed by atoms with E-state index in [9.17, 15) is 9.18 Å². The number of rotatable bonds is 2. The third-order valence-corrected chi connectivity index (χ3v) is 3.73. The summed E-state index contributed by atoms with van der Waals surface area (Å²) in [7, 11) is 0. The molecule has 0 radical (unpaired) electrons. The van der Waals surface area contributed by atoms with Gasteiger partial charge < -0.3 is 10.6 Å². The van der Waals surface area contributed by atoms with Gasteiger partial charge >= 0.3 is 0 Å².